The number of hydrogen-bond donors (Lipinski definition) is 0. The molecule has 0 saturated heterocycles. The van der Waals surface area contributed by atoms with Crippen molar-refractivity contribution < 1.29 is 4.79 Å². The van der Waals surface area contributed by atoms with Gasteiger partial charge in [0.2, 0.25) is 0 Å². The molecular weight excluding hydrogens is 448 g/mol. The van der Waals surface area contributed by atoms with Gasteiger partial charge in [-0.25, -0.2) is 4.98 Å². The van der Waals surface area contributed by atoms with Crippen molar-refractivity contribution in [1.29, 1.82) is 0 Å². The van der Waals surface area contributed by atoms with Gasteiger partial charge in [0.25, 0.3) is 0 Å². The van der Waals surface area contributed by atoms with Gasteiger partial charge in [0.15, 0.2) is 12.1 Å². The van der Waals surface area contributed by atoms with Crippen molar-refractivity contribution in [2.24, 2.45) is 0 Å². The summed E-state index contributed by atoms with van der Waals surface area (Å²) >= 11 is 3.24. The molecule has 0 bridgehead atoms. The molecule has 0 aliphatic heterocycles. The smallest absolute Gasteiger partial charge is 0.160 e. The second-order valence-corrected chi connectivity index (χ2v) is 10.1. The number of imidazole rings is 1. The topological polar surface area (TPSA) is 60.7 Å². The van der Waals surface area contributed by atoms with Gasteiger partial charge in [-0.2, -0.15) is 0 Å². The van der Waals surface area contributed by atoms with Crippen molar-refractivity contribution in [3.05, 3.63) is 65.8 Å². The van der Waals surface area contributed by atoms with Crippen molar-refractivity contribution >= 4 is 61.8 Å². The number of carbonyl (C=O) groups excluding carboxylic acids is 1. The Balaban J connectivity index is 1.63. The molecule has 0 unspecified atom stereocenters. The maximum absolute atomic E-state index is 11.1. The van der Waals surface area contributed by atoms with Crippen LogP contribution in [0.1, 0.15) is 29.4 Å². The lowest BCUT2D eigenvalue weighted by atomic mass is 10.1. The van der Waals surface area contributed by atoms with E-state index in [0.29, 0.717) is 0 Å². The van der Waals surface area contributed by atoms with Gasteiger partial charge in [-0.05, 0) is 55.0 Å². The van der Waals surface area contributed by atoms with Gasteiger partial charge in [0.1, 0.15) is 0 Å². The van der Waals surface area contributed by atoms with Crippen LogP contribution in [0.3, 0.4) is 0 Å². The Bertz CT molecular complexity index is 1640. The normalized spacial score (nSPS) is 11.7. The number of aromatic nitrogens is 4. The maximum Gasteiger partial charge on any atom is 0.160 e. The molecule has 7 heteroatoms. The molecular formula is C26H20N4OS2. The summed E-state index contributed by atoms with van der Waals surface area (Å²) in [5.41, 5.74) is 3.89. The highest BCUT2D eigenvalue weighted by molar-refractivity contribution is 7.24. The van der Waals surface area contributed by atoms with E-state index in [1.165, 1.54) is 11.3 Å². The SMILES string of the molecule is CCCCn1c(-c2ccc(-c3ccc(C=O)s3)s2)nc2c3cccnc3c3ncccc3c21. The number of unbranched alkanes of at least 4 members (excludes halogenated alkanes) is 1. The number of carbonyl (C=O) groups is 1. The van der Waals surface area contributed by atoms with Crippen LogP contribution < -0.4 is 0 Å². The predicted molar refractivity (Wildman–Crippen MR) is 137 cm³/mol. The highest BCUT2D eigenvalue weighted by atomic mass is 32.1. The van der Waals surface area contributed by atoms with Crippen LogP contribution in [0.2, 0.25) is 0 Å². The quantitative estimate of drug-likeness (QED) is 0.191. The fourth-order valence-electron chi connectivity index (χ4n) is 4.35. The van der Waals surface area contributed by atoms with Gasteiger partial charge in [0.05, 0.1) is 31.8 Å². The van der Waals surface area contributed by atoms with Gasteiger partial charge < -0.3 is 4.57 Å². The molecule has 0 amide bonds. The van der Waals surface area contributed by atoms with Gasteiger partial charge in [-0.15, -0.1) is 22.7 Å². The van der Waals surface area contributed by atoms with Gasteiger partial charge in [-0.1, -0.05) is 13.3 Å². The summed E-state index contributed by atoms with van der Waals surface area (Å²) in [5, 5.41) is 2.11. The van der Waals surface area contributed by atoms with E-state index in [4.69, 9.17) is 4.98 Å². The number of aldehydes is 1. The number of fused-ring (bicyclic) bond motifs is 6. The van der Waals surface area contributed by atoms with E-state index in [-0.39, 0.29) is 0 Å². The summed E-state index contributed by atoms with van der Waals surface area (Å²) in [6.45, 7) is 3.10. The Labute approximate surface area is 198 Å². The molecule has 5 heterocycles. The standard InChI is InChI=1S/C26H20N4OS2/c1-2-3-14-30-25-18-7-5-13-28-23(18)22-17(6-4-12-27-22)24(25)29-26(30)21-11-10-20(33-21)19-9-8-16(15-31)32-19/h4-13,15H,2-3,14H2,1H3. The van der Waals surface area contributed by atoms with Crippen LogP contribution >= 0.6 is 22.7 Å². The van der Waals surface area contributed by atoms with Crippen molar-refractivity contribution in [1.82, 2.24) is 19.5 Å². The first-order valence-corrected chi connectivity index (χ1v) is 12.6. The number of rotatable bonds is 6. The summed E-state index contributed by atoms with van der Waals surface area (Å²) in [6, 6.07) is 16.3. The molecule has 0 fully saturated rings. The molecule has 0 aliphatic rings. The number of hydrogen-bond acceptors (Lipinski definition) is 6. The van der Waals surface area contributed by atoms with E-state index in [2.05, 4.69) is 45.7 Å². The molecule has 6 rings (SSSR count). The van der Waals surface area contributed by atoms with Crippen molar-refractivity contribution in [3.63, 3.8) is 0 Å². The second kappa shape index (κ2) is 8.17. The first-order valence-electron chi connectivity index (χ1n) is 11.0. The number of nitrogens with zero attached hydrogens (tertiary/aromatic N) is 4. The van der Waals surface area contributed by atoms with Crippen LogP contribution in [0, 0.1) is 0 Å². The zero-order valence-electron chi connectivity index (χ0n) is 18.0. The van der Waals surface area contributed by atoms with Crippen molar-refractivity contribution in [2.75, 3.05) is 0 Å². The zero-order chi connectivity index (χ0) is 22.4. The van der Waals surface area contributed by atoms with Gasteiger partial charge in [0, 0.05) is 39.5 Å². The first-order chi connectivity index (χ1) is 16.3. The van der Waals surface area contributed by atoms with Crippen LogP contribution in [-0.2, 0) is 6.54 Å². The predicted octanol–water partition coefficient (Wildman–Crippen LogP) is 7.20. The van der Waals surface area contributed by atoms with E-state index in [1.54, 1.807) is 11.3 Å². The second-order valence-electron chi connectivity index (χ2n) is 7.92. The Morgan fingerprint density at radius 1 is 0.848 bits per heavy atom. The van der Waals surface area contributed by atoms with E-state index >= 15 is 0 Å². The number of pyridine rings is 2. The minimum absolute atomic E-state index is 0.744. The zero-order valence-corrected chi connectivity index (χ0v) is 19.6. The van der Waals surface area contributed by atoms with Crippen LogP contribution in [-0.4, -0.2) is 25.8 Å². The summed E-state index contributed by atoms with van der Waals surface area (Å²) < 4.78 is 2.36. The molecule has 6 aromatic rings. The van der Waals surface area contributed by atoms with E-state index in [0.717, 1.165) is 83.8 Å². The van der Waals surface area contributed by atoms with Crippen LogP contribution in [0.15, 0.2) is 60.9 Å². The highest BCUT2D eigenvalue weighted by Gasteiger charge is 2.21. The molecule has 5 aromatic heterocycles. The Morgan fingerprint density at radius 3 is 2.30 bits per heavy atom. The lowest BCUT2D eigenvalue weighted by Crippen LogP contribution is -2.00. The molecule has 0 aliphatic carbocycles. The Hall–Kier alpha value is -3.42. The fraction of sp³-hybridized carbons (Fsp3) is 0.154. The number of benzene rings is 1. The fourth-order valence-corrected chi connectivity index (χ4v) is 6.26. The molecule has 0 radical (unpaired) electrons. The molecule has 5 nitrogen and oxygen atoms in total. The largest absolute Gasteiger partial charge is 0.323 e. The highest BCUT2D eigenvalue weighted by Crippen LogP contribution is 2.40. The molecule has 162 valence electrons. The summed E-state index contributed by atoms with van der Waals surface area (Å²) in [7, 11) is 0. The Morgan fingerprint density at radius 2 is 1.55 bits per heavy atom. The third-order valence-electron chi connectivity index (χ3n) is 5.87. The average Bonchev–Trinajstić information content (AvgIpc) is 3.61. The summed E-state index contributed by atoms with van der Waals surface area (Å²) in [4.78, 5) is 29.8. The summed E-state index contributed by atoms with van der Waals surface area (Å²) in [6.07, 6.45) is 6.72. The van der Waals surface area contributed by atoms with Gasteiger partial charge >= 0.3 is 0 Å². The molecule has 0 atom stereocenters. The molecule has 0 saturated carbocycles. The van der Waals surface area contributed by atoms with Crippen molar-refractivity contribution in [2.45, 2.75) is 26.3 Å². The van der Waals surface area contributed by atoms with Crippen LogP contribution in [0.5, 0.6) is 0 Å². The van der Waals surface area contributed by atoms with Crippen LogP contribution in [0.25, 0.3) is 53.3 Å². The molecule has 0 N–H and O–H groups in total. The summed E-state index contributed by atoms with van der Waals surface area (Å²) in [5.74, 6) is 0.975. The van der Waals surface area contributed by atoms with E-state index in [1.807, 2.05) is 36.7 Å². The van der Waals surface area contributed by atoms with E-state index < -0.39 is 0 Å². The lowest BCUT2D eigenvalue weighted by Gasteiger charge is -2.10. The molecule has 33 heavy (non-hydrogen) atoms. The molecule has 0 spiro atoms. The van der Waals surface area contributed by atoms with Gasteiger partial charge in [-0.3, -0.25) is 14.8 Å². The van der Waals surface area contributed by atoms with Crippen LogP contribution in [0.4, 0.5) is 0 Å². The number of aryl methyl sites for hydroxylation is 1. The lowest BCUT2D eigenvalue weighted by molar-refractivity contribution is 0.112. The third kappa shape index (κ3) is 3.27. The minimum Gasteiger partial charge on any atom is -0.323 e. The van der Waals surface area contributed by atoms with Crippen molar-refractivity contribution in [3.8, 4) is 20.5 Å². The first kappa shape index (κ1) is 20.2. The monoisotopic (exact) mass is 468 g/mol. The minimum atomic E-state index is 0.744. The maximum atomic E-state index is 11.1. The molecule has 1 aromatic carbocycles. The van der Waals surface area contributed by atoms with E-state index in [9.17, 15) is 4.79 Å². The Kier molecular flexibility index (Phi) is 5.00. The third-order valence-corrected chi connectivity index (χ3v) is 8.15. The average molecular weight is 469 g/mol. The number of thiophene rings is 2.